The quantitative estimate of drug-likeness (QED) is 0.885. The Morgan fingerprint density at radius 1 is 1.29 bits per heavy atom. The van der Waals surface area contributed by atoms with E-state index in [2.05, 4.69) is 25.4 Å². The Morgan fingerprint density at radius 3 is 2.52 bits per heavy atom. The Hall–Kier alpha value is -1.43. The minimum absolute atomic E-state index is 0.150. The molecule has 0 spiro atoms. The zero-order chi connectivity index (χ0) is 14.9. The van der Waals surface area contributed by atoms with Crippen molar-refractivity contribution in [2.24, 2.45) is 0 Å². The van der Waals surface area contributed by atoms with E-state index in [1.807, 2.05) is 13.8 Å². The summed E-state index contributed by atoms with van der Waals surface area (Å²) in [7, 11) is 0. The van der Waals surface area contributed by atoms with Crippen molar-refractivity contribution in [3.05, 3.63) is 11.6 Å². The zero-order valence-corrected chi connectivity index (χ0v) is 13.0. The molecule has 1 aromatic heterocycles. The molecule has 1 saturated carbocycles. The van der Waals surface area contributed by atoms with E-state index in [1.54, 1.807) is 0 Å². The number of H-pyrrole nitrogens is 1. The first kappa shape index (κ1) is 14.5. The van der Waals surface area contributed by atoms with Gasteiger partial charge in [0, 0.05) is 0 Å². The molecule has 1 amide bonds. The Labute approximate surface area is 125 Å². The number of likely N-dealkylation sites (tertiary alicyclic amines) is 1. The lowest BCUT2D eigenvalue weighted by molar-refractivity contribution is -0.133. The molecule has 0 radical (unpaired) electrons. The van der Waals surface area contributed by atoms with Gasteiger partial charge >= 0.3 is 0 Å². The van der Waals surface area contributed by atoms with Gasteiger partial charge in [-0.3, -0.25) is 14.8 Å². The molecule has 2 fully saturated rings. The van der Waals surface area contributed by atoms with Crippen molar-refractivity contribution in [1.82, 2.24) is 25.4 Å². The van der Waals surface area contributed by atoms with Crippen molar-refractivity contribution in [2.45, 2.75) is 64.0 Å². The van der Waals surface area contributed by atoms with E-state index < -0.39 is 0 Å². The van der Waals surface area contributed by atoms with E-state index in [0.717, 1.165) is 44.6 Å². The predicted molar refractivity (Wildman–Crippen MR) is 79.7 cm³/mol. The Kier molecular flexibility index (Phi) is 3.97. The third-order valence-corrected chi connectivity index (χ3v) is 4.91. The largest absolute Gasteiger partial charge is 0.345 e. The SMILES string of the molecule is Cc1nc([C@H](C)NC(=O)C2(N3CCCC3)CCCC2)n[nH]1. The van der Waals surface area contributed by atoms with E-state index in [1.165, 1.54) is 12.8 Å². The predicted octanol–water partition coefficient (Wildman–Crippen LogP) is 1.70. The van der Waals surface area contributed by atoms with Crippen molar-refractivity contribution in [2.75, 3.05) is 13.1 Å². The van der Waals surface area contributed by atoms with Gasteiger partial charge < -0.3 is 5.32 Å². The summed E-state index contributed by atoms with van der Waals surface area (Å²) >= 11 is 0. The summed E-state index contributed by atoms with van der Waals surface area (Å²) in [5, 5.41) is 10.1. The molecule has 2 aliphatic rings. The maximum Gasteiger partial charge on any atom is 0.241 e. The fourth-order valence-electron chi connectivity index (χ4n) is 3.74. The van der Waals surface area contributed by atoms with Crippen LogP contribution in [0.25, 0.3) is 0 Å². The Bertz CT molecular complexity index is 500. The number of nitrogens with zero attached hydrogens (tertiary/aromatic N) is 3. The van der Waals surface area contributed by atoms with Crippen molar-refractivity contribution in [3.8, 4) is 0 Å². The molecule has 2 heterocycles. The minimum Gasteiger partial charge on any atom is -0.345 e. The average molecular weight is 291 g/mol. The van der Waals surface area contributed by atoms with Crippen LogP contribution in [0.4, 0.5) is 0 Å². The second-order valence-corrected chi connectivity index (χ2v) is 6.41. The highest BCUT2D eigenvalue weighted by Crippen LogP contribution is 2.38. The van der Waals surface area contributed by atoms with Gasteiger partial charge in [0.2, 0.25) is 5.91 Å². The fourth-order valence-corrected chi connectivity index (χ4v) is 3.74. The molecule has 3 rings (SSSR count). The topological polar surface area (TPSA) is 73.9 Å². The van der Waals surface area contributed by atoms with Crippen LogP contribution in [0, 0.1) is 6.92 Å². The number of aromatic nitrogens is 3. The first-order chi connectivity index (χ1) is 10.1. The molecule has 1 aromatic rings. The van der Waals surface area contributed by atoms with Gasteiger partial charge in [-0.25, -0.2) is 4.98 Å². The molecule has 0 aromatic carbocycles. The first-order valence-corrected chi connectivity index (χ1v) is 8.07. The maximum absolute atomic E-state index is 12.9. The molecule has 0 unspecified atom stereocenters. The summed E-state index contributed by atoms with van der Waals surface area (Å²) in [4.78, 5) is 19.6. The van der Waals surface area contributed by atoms with Crippen molar-refractivity contribution >= 4 is 5.91 Å². The molecular weight excluding hydrogens is 266 g/mol. The van der Waals surface area contributed by atoms with Crippen LogP contribution >= 0.6 is 0 Å². The smallest absolute Gasteiger partial charge is 0.241 e. The van der Waals surface area contributed by atoms with Crippen LogP contribution in [-0.2, 0) is 4.79 Å². The molecule has 6 heteroatoms. The van der Waals surface area contributed by atoms with Gasteiger partial charge in [-0.1, -0.05) is 12.8 Å². The van der Waals surface area contributed by atoms with E-state index in [9.17, 15) is 4.79 Å². The summed E-state index contributed by atoms with van der Waals surface area (Å²) in [5.41, 5.74) is -0.282. The summed E-state index contributed by atoms with van der Waals surface area (Å²) in [6, 6.07) is -0.150. The summed E-state index contributed by atoms with van der Waals surface area (Å²) in [5.74, 6) is 1.61. The number of aryl methyl sites for hydroxylation is 1. The number of carbonyl (C=O) groups is 1. The number of nitrogens with one attached hydrogen (secondary N) is 2. The standard InChI is InChI=1S/C15H25N5O/c1-11(13-17-12(2)18-19-13)16-14(21)15(7-3-4-8-15)20-9-5-6-10-20/h11H,3-10H2,1-2H3,(H,16,21)(H,17,18,19)/t11-/m0/s1. The molecule has 1 aliphatic carbocycles. The molecule has 116 valence electrons. The molecule has 1 aliphatic heterocycles. The van der Waals surface area contributed by atoms with Crippen molar-refractivity contribution < 1.29 is 4.79 Å². The van der Waals surface area contributed by atoms with Gasteiger partial charge in [-0.05, 0) is 52.6 Å². The third-order valence-electron chi connectivity index (χ3n) is 4.91. The van der Waals surface area contributed by atoms with Crippen LogP contribution in [0.3, 0.4) is 0 Å². The number of aromatic amines is 1. The number of rotatable bonds is 4. The van der Waals surface area contributed by atoms with Gasteiger partial charge in [-0.15, -0.1) is 0 Å². The molecule has 21 heavy (non-hydrogen) atoms. The van der Waals surface area contributed by atoms with Gasteiger partial charge in [0.1, 0.15) is 11.4 Å². The van der Waals surface area contributed by atoms with Crippen molar-refractivity contribution in [1.29, 1.82) is 0 Å². The van der Waals surface area contributed by atoms with E-state index in [-0.39, 0.29) is 17.5 Å². The van der Waals surface area contributed by atoms with Crippen LogP contribution in [0.2, 0.25) is 0 Å². The van der Waals surface area contributed by atoms with Crippen LogP contribution in [0.1, 0.15) is 63.1 Å². The van der Waals surface area contributed by atoms with Gasteiger partial charge in [-0.2, -0.15) is 5.10 Å². The number of carbonyl (C=O) groups excluding carboxylic acids is 1. The molecule has 1 saturated heterocycles. The number of hydrogen-bond acceptors (Lipinski definition) is 4. The lowest BCUT2D eigenvalue weighted by Gasteiger charge is -2.37. The summed E-state index contributed by atoms with van der Waals surface area (Å²) in [6.07, 6.45) is 6.70. The monoisotopic (exact) mass is 291 g/mol. The van der Waals surface area contributed by atoms with Crippen LogP contribution in [0.5, 0.6) is 0 Å². The lowest BCUT2D eigenvalue weighted by atomic mass is 9.93. The van der Waals surface area contributed by atoms with Crippen LogP contribution in [0.15, 0.2) is 0 Å². The Balaban J connectivity index is 1.72. The highest BCUT2D eigenvalue weighted by atomic mass is 16.2. The van der Waals surface area contributed by atoms with E-state index in [0.29, 0.717) is 5.82 Å². The van der Waals surface area contributed by atoms with Crippen LogP contribution < -0.4 is 5.32 Å². The third kappa shape index (κ3) is 2.69. The molecule has 1 atom stereocenters. The fraction of sp³-hybridized carbons (Fsp3) is 0.800. The van der Waals surface area contributed by atoms with Crippen LogP contribution in [-0.4, -0.2) is 44.6 Å². The second kappa shape index (κ2) is 5.75. The maximum atomic E-state index is 12.9. The van der Waals surface area contributed by atoms with E-state index >= 15 is 0 Å². The summed E-state index contributed by atoms with van der Waals surface area (Å²) in [6.45, 7) is 5.93. The molecular formula is C15H25N5O. The average Bonchev–Trinajstić information content (AvgIpc) is 3.20. The van der Waals surface area contributed by atoms with Crippen molar-refractivity contribution in [3.63, 3.8) is 0 Å². The number of hydrogen-bond donors (Lipinski definition) is 2. The lowest BCUT2D eigenvalue weighted by Crippen LogP contribution is -2.56. The number of amides is 1. The Morgan fingerprint density at radius 2 is 1.95 bits per heavy atom. The minimum atomic E-state index is -0.282. The second-order valence-electron chi connectivity index (χ2n) is 6.41. The summed E-state index contributed by atoms with van der Waals surface area (Å²) < 4.78 is 0. The molecule has 6 nitrogen and oxygen atoms in total. The molecule has 2 N–H and O–H groups in total. The zero-order valence-electron chi connectivity index (χ0n) is 13.0. The van der Waals surface area contributed by atoms with Gasteiger partial charge in [0.05, 0.1) is 6.04 Å². The normalized spacial score (nSPS) is 23.3. The van der Waals surface area contributed by atoms with E-state index in [4.69, 9.17) is 0 Å². The van der Waals surface area contributed by atoms with Gasteiger partial charge in [0.15, 0.2) is 5.82 Å². The molecule has 0 bridgehead atoms. The van der Waals surface area contributed by atoms with Gasteiger partial charge in [0.25, 0.3) is 0 Å². The highest BCUT2D eigenvalue weighted by Gasteiger charge is 2.47. The first-order valence-electron chi connectivity index (χ1n) is 8.07. The highest BCUT2D eigenvalue weighted by molar-refractivity contribution is 5.87.